The molecule has 2 aromatic carbocycles. The predicted octanol–water partition coefficient (Wildman–Crippen LogP) is 4.29. The summed E-state index contributed by atoms with van der Waals surface area (Å²) in [6, 6.07) is 7.31. The van der Waals surface area contributed by atoms with Gasteiger partial charge in [0.05, 0.1) is 10.6 Å². The number of sulfonamides is 1. The molecule has 0 aliphatic carbocycles. The van der Waals surface area contributed by atoms with Gasteiger partial charge in [-0.05, 0) is 72.4 Å². The van der Waals surface area contributed by atoms with E-state index in [1.165, 1.54) is 0 Å². The van der Waals surface area contributed by atoms with E-state index < -0.39 is 27.9 Å². The molecule has 30 heavy (non-hydrogen) atoms. The molecule has 162 valence electrons. The molecule has 0 fully saturated rings. The first-order valence-corrected chi connectivity index (χ1v) is 12.1. The lowest BCUT2D eigenvalue weighted by Gasteiger charge is -2.20. The number of carbonyl (C=O) groups is 2. The number of nitrogens with one attached hydrogen (secondary N) is 2. The molecular weight excluding hydrogens is 540 g/mol. The highest BCUT2D eigenvalue weighted by molar-refractivity contribution is 9.11. The molecule has 2 aromatic rings. The monoisotopic (exact) mass is 560 g/mol. The van der Waals surface area contributed by atoms with E-state index in [4.69, 9.17) is 5.11 Å². The van der Waals surface area contributed by atoms with E-state index in [1.54, 1.807) is 44.2 Å². The van der Waals surface area contributed by atoms with Gasteiger partial charge in [-0.15, -0.1) is 0 Å². The Kier molecular flexibility index (Phi) is 8.20. The van der Waals surface area contributed by atoms with Crippen LogP contribution in [0.5, 0.6) is 0 Å². The van der Waals surface area contributed by atoms with Gasteiger partial charge in [0.25, 0.3) is 0 Å². The number of benzene rings is 2. The van der Waals surface area contributed by atoms with Gasteiger partial charge in [-0.3, -0.25) is 9.59 Å². The average molecular weight is 562 g/mol. The first kappa shape index (κ1) is 24.5. The van der Waals surface area contributed by atoms with Crippen LogP contribution in [0.25, 0.3) is 0 Å². The predicted molar refractivity (Wildman–Crippen MR) is 122 cm³/mol. The molecule has 0 aromatic heterocycles. The largest absolute Gasteiger partial charge is 0.481 e. The maximum Gasteiger partial charge on any atom is 0.303 e. The normalized spacial score (nSPS) is 12.4. The first-order chi connectivity index (χ1) is 13.9. The lowest BCUT2D eigenvalue weighted by molar-refractivity contribution is -0.137. The number of carboxylic acid groups (broad SMARTS) is 1. The van der Waals surface area contributed by atoms with Gasteiger partial charge in [0, 0.05) is 15.4 Å². The van der Waals surface area contributed by atoms with Crippen LogP contribution in [0.1, 0.15) is 29.5 Å². The molecule has 1 atom stereocenters. The van der Waals surface area contributed by atoms with Crippen molar-refractivity contribution in [3.63, 3.8) is 0 Å². The van der Waals surface area contributed by atoms with Gasteiger partial charge in [-0.25, -0.2) is 8.42 Å². The van der Waals surface area contributed by atoms with Crippen molar-refractivity contribution in [1.82, 2.24) is 4.72 Å². The van der Waals surface area contributed by atoms with Crippen LogP contribution in [0.15, 0.2) is 44.2 Å². The van der Waals surface area contributed by atoms with E-state index in [-0.39, 0.29) is 17.7 Å². The highest BCUT2D eigenvalue weighted by Gasteiger charge is 2.29. The van der Waals surface area contributed by atoms with Crippen LogP contribution in [0, 0.1) is 20.8 Å². The lowest BCUT2D eigenvalue weighted by atomic mass is 10.1. The molecule has 0 aliphatic heterocycles. The van der Waals surface area contributed by atoms with Crippen molar-refractivity contribution in [3.05, 3.63) is 56.0 Å². The summed E-state index contributed by atoms with van der Waals surface area (Å²) in [7, 11) is -4.06. The molecule has 0 saturated heterocycles. The lowest BCUT2D eigenvalue weighted by Crippen LogP contribution is -2.44. The van der Waals surface area contributed by atoms with E-state index in [0.29, 0.717) is 21.3 Å². The zero-order chi connectivity index (χ0) is 22.6. The van der Waals surface area contributed by atoms with Gasteiger partial charge in [-0.1, -0.05) is 33.6 Å². The quantitative estimate of drug-likeness (QED) is 0.445. The molecule has 7 nitrogen and oxygen atoms in total. The van der Waals surface area contributed by atoms with Crippen molar-refractivity contribution in [1.29, 1.82) is 0 Å². The van der Waals surface area contributed by atoms with Crippen LogP contribution in [-0.2, 0) is 19.6 Å². The maximum atomic E-state index is 13.1. The number of aliphatic carboxylic acids is 1. The summed E-state index contributed by atoms with van der Waals surface area (Å²) in [5.41, 5.74) is 2.45. The summed E-state index contributed by atoms with van der Waals surface area (Å²) in [6.07, 6.45) is -0.563. The standard InChI is InChI=1S/C20H22Br2N2O5S/c1-11-8-12(2)19(13(3)9-11)30(28,29)24-17(6-7-18(25)26)20(27)23-16-5-4-14(21)10-15(16)22/h4-5,8-10,17,24H,6-7H2,1-3H3,(H,23,27)(H,25,26). The molecule has 2 rings (SSSR count). The number of carbonyl (C=O) groups excluding carboxylic acids is 1. The van der Waals surface area contributed by atoms with Gasteiger partial charge in [0.15, 0.2) is 0 Å². The van der Waals surface area contributed by atoms with E-state index in [1.807, 2.05) is 6.92 Å². The summed E-state index contributed by atoms with van der Waals surface area (Å²) in [4.78, 5) is 24.0. The van der Waals surface area contributed by atoms with E-state index in [9.17, 15) is 18.0 Å². The molecule has 0 bridgehead atoms. The second-order valence-electron chi connectivity index (χ2n) is 6.95. The van der Waals surface area contributed by atoms with Crippen molar-refractivity contribution in [2.75, 3.05) is 5.32 Å². The Bertz CT molecular complexity index is 1060. The van der Waals surface area contributed by atoms with Crippen molar-refractivity contribution >= 4 is 59.4 Å². The van der Waals surface area contributed by atoms with Crippen LogP contribution >= 0.6 is 31.9 Å². The number of halogens is 2. The van der Waals surface area contributed by atoms with E-state index in [2.05, 4.69) is 41.9 Å². The third-order valence-electron chi connectivity index (χ3n) is 4.32. The molecule has 10 heteroatoms. The SMILES string of the molecule is Cc1cc(C)c(S(=O)(=O)NC(CCC(=O)O)C(=O)Nc2ccc(Br)cc2Br)c(C)c1. The van der Waals surface area contributed by atoms with Crippen LogP contribution in [0.3, 0.4) is 0 Å². The third-order valence-corrected chi connectivity index (χ3v) is 7.25. The van der Waals surface area contributed by atoms with Gasteiger partial charge >= 0.3 is 5.97 Å². The Labute approximate surface area is 192 Å². The maximum absolute atomic E-state index is 13.1. The molecule has 0 aliphatic rings. The number of hydrogen-bond donors (Lipinski definition) is 3. The van der Waals surface area contributed by atoms with Crippen molar-refractivity contribution in [2.24, 2.45) is 0 Å². The molecule has 1 amide bonds. The zero-order valence-corrected chi connectivity index (χ0v) is 20.6. The minimum Gasteiger partial charge on any atom is -0.481 e. The Morgan fingerprint density at radius 3 is 2.20 bits per heavy atom. The van der Waals surface area contributed by atoms with Crippen LogP contribution in [-0.4, -0.2) is 31.4 Å². The minimum absolute atomic E-state index is 0.0889. The molecule has 0 heterocycles. The summed E-state index contributed by atoms with van der Waals surface area (Å²) >= 11 is 6.65. The fourth-order valence-electron chi connectivity index (χ4n) is 3.16. The fourth-order valence-corrected chi connectivity index (χ4v) is 5.99. The van der Waals surface area contributed by atoms with Gasteiger partial charge in [-0.2, -0.15) is 4.72 Å². The van der Waals surface area contributed by atoms with Crippen LogP contribution in [0.2, 0.25) is 0 Å². The number of aryl methyl sites for hydroxylation is 3. The molecule has 0 radical (unpaired) electrons. The highest BCUT2D eigenvalue weighted by Crippen LogP contribution is 2.27. The Balaban J connectivity index is 2.34. The van der Waals surface area contributed by atoms with Crippen molar-refractivity contribution < 1.29 is 23.1 Å². The minimum atomic E-state index is -4.06. The van der Waals surface area contributed by atoms with Gasteiger partial charge in [0.1, 0.15) is 6.04 Å². The van der Waals surface area contributed by atoms with Gasteiger partial charge < -0.3 is 10.4 Å². The van der Waals surface area contributed by atoms with Crippen molar-refractivity contribution in [3.8, 4) is 0 Å². The molecular formula is C20H22Br2N2O5S. The summed E-state index contributed by atoms with van der Waals surface area (Å²) in [6.45, 7) is 5.22. The summed E-state index contributed by atoms with van der Waals surface area (Å²) < 4.78 is 29.9. The number of anilines is 1. The number of amides is 1. The summed E-state index contributed by atoms with van der Waals surface area (Å²) in [5, 5.41) is 11.7. The van der Waals surface area contributed by atoms with E-state index >= 15 is 0 Å². The Hall–Kier alpha value is -1.75. The Morgan fingerprint density at radius 2 is 1.67 bits per heavy atom. The van der Waals surface area contributed by atoms with Crippen LogP contribution < -0.4 is 10.0 Å². The molecule has 0 spiro atoms. The fraction of sp³-hybridized carbons (Fsp3) is 0.300. The van der Waals surface area contributed by atoms with Crippen LogP contribution in [0.4, 0.5) is 5.69 Å². The molecule has 0 saturated carbocycles. The summed E-state index contributed by atoms with van der Waals surface area (Å²) in [5.74, 6) is -1.77. The number of hydrogen-bond acceptors (Lipinski definition) is 4. The smallest absolute Gasteiger partial charge is 0.303 e. The highest BCUT2D eigenvalue weighted by atomic mass is 79.9. The second kappa shape index (κ2) is 10.0. The zero-order valence-electron chi connectivity index (χ0n) is 16.6. The number of rotatable bonds is 8. The second-order valence-corrected chi connectivity index (χ2v) is 10.4. The Morgan fingerprint density at radius 1 is 1.07 bits per heavy atom. The van der Waals surface area contributed by atoms with Crippen molar-refractivity contribution in [2.45, 2.75) is 44.6 Å². The molecule has 1 unspecified atom stereocenters. The number of carboxylic acids is 1. The topological polar surface area (TPSA) is 113 Å². The average Bonchev–Trinajstić information content (AvgIpc) is 2.59. The third kappa shape index (κ3) is 6.37. The van der Waals surface area contributed by atoms with Gasteiger partial charge in [0.2, 0.25) is 15.9 Å². The first-order valence-electron chi connectivity index (χ1n) is 8.98. The van der Waals surface area contributed by atoms with E-state index in [0.717, 1.165) is 10.0 Å². The molecule has 3 N–H and O–H groups in total.